The zero-order valence-corrected chi connectivity index (χ0v) is 15.2. The molecule has 26 heavy (non-hydrogen) atoms. The molecule has 2 aromatic carbocycles. The largest absolute Gasteiger partial charge is 0.494 e. The van der Waals surface area contributed by atoms with Crippen molar-refractivity contribution in [2.24, 2.45) is 4.99 Å². The summed E-state index contributed by atoms with van der Waals surface area (Å²) in [5, 5.41) is 3.75. The lowest BCUT2D eigenvalue weighted by Crippen LogP contribution is -2.19. The van der Waals surface area contributed by atoms with Crippen LogP contribution < -0.4 is 19.5 Å². The molecule has 2 aliphatic heterocycles. The number of thioether (sulfide) groups is 1. The smallest absolute Gasteiger partial charge is 0.264 e. The topological polar surface area (TPSA) is 69.2 Å². The van der Waals surface area contributed by atoms with Crippen molar-refractivity contribution in [1.82, 2.24) is 5.32 Å². The first-order chi connectivity index (χ1) is 12.6. The third kappa shape index (κ3) is 3.36. The maximum atomic E-state index is 12.2. The molecule has 1 saturated heterocycles. The minimum atomic E-state index is -0.215. The minimum absolute atomic E-state index is 0.211. The number of aliphatic imine (C=N–C) groups is 1. The number of halogens is 1. The summed E-state index contributed by atoms with van der Waals surface area (Å²) in [6.45, 7) is 0.211. The van der Waals surface area contributed by atoms with Crippen LogP contribution in [0.2, 0.25) is 5.02 Å². The molecule has 0 atom stereocenters. The van der Waals surface area contributed by atoms with Crippen LogP contribution in [0.5, 0.6) is 17.2 Å². The van der Waals surface area contributed by atoms with Crippen LogP contribution in [0.15, 0.2) is 46.3 Å². The average Bonchev–Trinajstić information content (AvgIpc) is 3.21. The van der Waals surface area contributed by atoms with E-state index in [0.29, 0.717) is 38.0 Å². The van der Waals surface area contributed by atoms with Crippen LogP contribution in [0.3, 0.4) is 0 Å². The Kier molecular flexibility index (Phi) is 4.48. The van der Waals surface area contributed by atoms with Gasteiger partial charge in [0.1, 0.15) is 11.4 Å². The highest BCUT2D eigenvalue weighted by Crippen LogP contribution is 2.36. The van der Waals surface area contributed by atoms with Crippen LogP contribution in [-0.4, -0.2) is 25.0 Å². The Hall–Kier alpha value is -2.64. The van der Waals surface area contributed by atoms with Gasteiger partial charge in [-0.05, 0) is 53.7 Å². The molecule has 132 valence electrons. The van der Waals surface area contributed by atoms with Gasteiger partial charge in [-0.15, -0.1) is 0 Å². The number of nitrogens with one attached hydrogen (secondary N) is 1. The van der Waals surface area contributed by atoms with Gasteiger partial charge in [-0.1, -0.05) is 17.7 Å². The second-order valence-electron chi connectivity index (χ2n) is 5.41. The SMILES string of the molecule is COc1ccc(Cl)cc1N=C1NC(=O)/C(=C/c2ccc3c(c2)OCO3)S1. The number of benzene rings is 2. The molecule has 0 spiro atoms. The molecular formula is C18H13ClN2O4S. The molecule has 2 aromatic rings. The van der Waals surface area contributed by atoms with Crippen LogP contribution in [0.25, 0.3) is 6.08 Å². The molecule has 1 fully saturated rings. The summed E-state index contributed by atoms with van der Waals surface area (Å²) in [6, 6.07) is 10.6. The second kappa shape index (κ2) is 6.93. The molecule has 0 aromatic heterocycles. The molecule has 0 radical (unpaired) electrons. The van der Waals surface area contributed by atoms with Crippen molar-refractivity contribution < 1.29 is 19.0 Å². The molecule has 8 heteroatoms. The van der Waals surface area contributed by atoms with E-state index in [1.54, 1.807) is 31.4 Å². The van der Waals surface area contributed by atoms with Gasteiger partial charge in [0.15, 0.2) is 16.7 Å². The van der Waals surface area contributed by atoms with E-state index < -0.39 is 0 Å². The average molecular weight is 389 g/mol. The van der Waals surface area contributed by atoms with Crippen molar-refractivity contribution >= 4 is 46.2 Å². The summed E-state index contributed by atoms with van der Waals surface area (Å²) in [7, 11) is 1.55. The van der Waals surface area contributed by atoms with Gasteiger partial charge < -0.3 is 19.5 Å². The van der Waals surface area contributed by atoms with E-state index in [9.17, 15) is 4.79 Å². The normalized spacial score (nSPS) is 18.5. The highest BCUT2D eigenvalue weighted by molar-refractivity contribution is 8.18. The summed E-state index contributed by atoms with van der Waals surface area (Å²) in [4.78, 5) is 17.2. The van der Waals surface area contributed by atoms with E-state index in [-0.39, 0.29) is 12.7 Å². The van der Waals surface area contributed by atoms with Crippen LogP contribution in [0, 0.1) is 0 Å². The van der Waals surface area contributed by atoms with E-state index in [2.05, 4.69) is 10.3 Å². The number of nitrogens with zero attached hydrogens (tertiary/aromatic N) is 1. The van der Waals surface area contributed by atoms with Crippen molar-refractivity contribution in [1.29, 1.82) is 0 Å². The summed E-state index contributed by atoms with van der Waals surface area (Å²) in [5.41, 5.74) is 1.39. The van der Waals surface area contributed by atoms with Crippen molar-refractivity contribution in [3.8, 4) is 17.2 Å². The lowest BCUT2D eigenvalue weighted by molar-refractivity contribution is -0.115. The first-order valence-electron chi connectivity index (χ1n) is 7.65. The molecule has 1 amide bonds. The maximum Gasteiger partial charge on any atom is 0.264 e. The number of amidine groups is 1. The number of fused-ring (bicyclic) bond motifs is 1. The van der Waals surface area contributed by atoms with Crippen LogP contribution in [0.1, 0.15) is 5.56 Å². The quantitative estimate of drug-likeness (QED) is 0.806. The molecular weight excluding hydrogens is 376 g/mol. The van der Waals surface area contributed by atoms with E-state index in [4.69, 9.17) is 25.8 Å². The first-order valence-corrected chi connectivity index (χ1v) is 8.84. The van der Waals surface area contributed by atoms with Gasteiger partial charge in [0.25, 0.3) is 5.91 Å². The van der Waals surface area contributed by atoms with Gasteiger partial charge in [-0.2, -0.15) is 0 Å². The Morgan fingerprint density at radius 1 is 1.23 bits per heavy atom. The molecule has 6 nitrogen and oxygen atoms in total. The Bertz CT molecular complexity index is 958. The fourth-order valence-electron chi connectivity index (χ4n) is 2.49. The predicted molar refractivity (Wildman–Crippen MR) is 101 cm³/mol. The molecule has 1 N–H and O–H groups in total. The lowest BCUT2D eigenvalue weighted by atomic mass is 10.2. The number of carbonyl (C=O) groups is 1. The van der Waals surface area contributed by atoms with Crippen LogP contribution in [-0.2, 0) is 4.79 Å². The zero-order chi connectivity index (χ0) is 18.1. The lowest BCUT2D eigenvalue weighted by Gasteiger charge is -2.05. The fraction of sp³-hybridized carbons (Fsp3) is 0.111. The standard InChI is InChI=1S/C18H13ClN2O4S/c1-23-13-5-3-11(19)8-12(13)20-18-21-17(22)16(26-18)7-10-2-4-14-15(6-10)25-9-24-14/h2-8H,9H2,1H3,(H,20,21,22)/b16-7-. The molecule has 2 heterocycles. The molecule has 4 rings (SSSR count). The predicted octanol–water partition coefficient (Wildman–Crippen LogP) is 3.97. The number of amides is 1. The number of ether oxygens (including phenoxy) is 3. The van der Waals surface area contributed by atoms with E-state index in [1.165, 1.54) is 11.8 Å². The molecule has 0 aliphatic carbocycles. The zero-order valence-electron chi connectivity index (χ0n) is 13.6. The maximum absolute atomic E-state index is 12.2. The monoisotopic (exact) mass is 388 g/mol. The molecule has 0 bridgehead atoms. The first kappa shape index (κ1) is 16.8. The number of carbonyl (C=O) groups excluding carboxylic acids is 1. The van der Waals surface area contributed by atoms with Gasteiger partial charge in [0.2, 0.25) is 6.79 Å². The van der Waals surface area contributed by atoms with Crippen molar-refractivity contribution in [2.45, 2.75) is 0 Å². The molecule has 0 unspecified atom stereocenters. The number of hydrogen-bond acceptors (Lipinski definition) is 6. The summed E-state index contributed by atoms with van der Waals surface area (Å²) < 4.78 is 15.9. The van der Waals surface area contributed by atoms with E-state index in [1.807, 2.05) is 18.2 Å². The fourth-order valence-corrected chi connectivity index (χ4v) is 3.50. The van der Waals surface area contributed by atoms with Gasteiger partial charge >= 0.3 is 0 Å². The summed E-state index contributed by atoms with van der Waals surface area (Å²) >= 11 is 7.26. The Morgan fingerprint density at radius 3 is 2.92 bits per heavy atom. The van der Waals surface area contributed by atoms with Gasteiger partial charge in [0, 0.05) is 5.02 Å². The second-order valence-corrected chi connectivity index (χ2v) is 6.88. The third-order valence-electron chi connectivity index (χ3n) is 3.71. The van der Waals surface area contributed by atoms with Crippen LogP contribution >= 0.6 is 23.4 Å². The number of hydrogen-bond donors (Lipinski definition) is 1. The van der Waals surface area contributed by atoms with Crippen molar-refractivity contribution in [3.63, 3.8) is 0 Å². The van der Waals surface area contributed by atoms with E-state index in [0.717, 1.165) is 5.56 Å². The van der Waals surface area contributed by atoms with Gasteiger partial charge in [-0.25, -0.2) is 4.99 Å². The van der Waals surface area contributed by atoms with Crippen molar-refractivity contribution in [3.05, 3.63) is 51.9 Å². The molecule has 2 aliphatic rings. The minimum Gasteiger partial charge on any atom is -0.494 e. The Morgan fingerprint density at radius 2 is 2.08 bits per heavy atom. The van der Waals surface area contributed by atoms with E-state index >= 15 is 0 Å². The molecule has 0 saturated carbocycles. The van der Waals surface area contributed by atoms with Crippen LogP contribution in [0.4, 0.5) is 5.69 Å². The third-order valence-corrected chi connectivity index (χ3v) is 4.85. The Labute approximate surface area is 158 Å². The summed E-state index contributed by atoms with van der Waals surface area (Å²) in [5.74, 6) is 1.73. The number of rotatable bonds is 3. The number of methoxy groups -OCH3 is 1. The van der Waals surface area contributed by atoms with Gasteiger partial charge in [0.05, 0.1) is 12.0 Å². The Balaban J connectivity index is 1.60. The highest BCUT2D eigenvalue weighted by atomic mass is 35.5. The van der Waals surface area contributed by atoms with Crippen molar-refractivity contribution in [2.75, 3.05) is 13.9 Å². The highest BCUT2D eigenvalue weighted by Gasteiger charge is 2.24. The summed E-state index contributed by atoms with van der Waals surface area (Å²) in [6.07, 6.45) is 1.78. The van der Waals surface area contributed by atoms with Gasteiger partial charge in [-0.3, -0.25) is 4.79 Å².